The highest BCUT2D eigenvalue weighted by Crippen LogP contribution is 2.27. The molecular formula is C17H16F3N3O2. The second-order valence-corrected chi connectivity index (χ2v) is 5.88. The number of benzene rings is 1. The molecule has 1 aromatic carbocycles. The van der Waals surface area contributed by atoms with E-state index in [0.29, 0.717) is 29.3 Å². The molecule has 132 valence electrons. The Kier molecular flexibility index (Phi) is 4.61. The maximum absolute atomic E-state index is 13.5. The monoisotopic (exact) mass is 351 g/mol. The fraction of sp³-hybridized carbons (Fsp3) is 0.353. The van der Waals surface area contributed by atoms with Gasteiger partial charge in [0.05, 0.1) is 41.4 Å². The van der Waals surface area contributed by atoms with Crippen molar-refractivity contribution in [2.24, 2.45) is 0 Å². The van der Waals surface area contributed by atoms with Crippen LogP contribution in [-0.4, -0.2) is 33.6 Å². The number of carbonyl (C=O) groups is 1. The van der Waals surface area contributed by atoms with Gasteiger partial charge in [-0.3, -0.25) is 9.88 Å². The van der Waals surface area contributed by atoms with Crippen LogP contribution in [0.3, 0.4) is 0 Å². The number of amides is 1. The summed E-state index contributed by atoms with van der Waals surface area (Å²) in [7, 11) is 0. The third-order valence-corrected chi connectivity index (χ3v) is 4.12. The van der Waals surface area contributed by atoms with Crippen molar-refractivity contribution < 1.29 is 22.7 Å². The minimum absolute atomic E-state index is 0.0892. The number of nitrogens with zero attached hydrogens (tertiary/aromatic N) is 3. The first-order valence-electron chi connectivity index (χ1n) is 7.70. The molecule has 5 nitrogen and oxygen atoms in total. The summed E-state index contributed by atoms with van der Waals surface area (Å²) in [6.07, 6.45) is -1.91. The Hall–Kier alpha value is -2.64. The summed E-state index contributed by atoms with van der Waals surface area (Å²) < 4.78 is 44.2. The quantitative estimate of drug-likeness (QED) is 0.839. The Balaban J connectivity index is 1.94. The lowest BCUT2D eigenvalue weighted by Gasteiger charge is -2.18. The second kappa shape index (κ2) is 6.70. The number of carbonyl (C=O) groups excluding carboxylic acids is 1. The highest BCUT2D eigenvalue weighted by atomic mass is 19.3. The van der Waals surface area contributed by atoms with Gasteiger partial charge < -0.3 is 4.74 Å². The van der Waals surface area contributed by atoms with Crippen molar-refractivity contribution >= 4 is 6.09 Å². The first-order valence-corrected chi connectivity index (χ1v) is 7.70. The molecule has 1 atom stereocenters. The van der Waals surface area contributed by atoms with Crippen LogP contribution < -0.4 is 0 Å². The molecule has 0 N–H and O–H groups in total. The van der Waals surface area contributed by atoms with Crippen molar-refractivity contribution in [2.45, 2.75) is 32.9 Å². The van der Waals surface area contributed by atoms with E-state index < -0.39 is 23.9 Å². The van der Waals surface area contributed by atoms with Gasteiger partial charge in [0.2, 0.25) is 0 Å². The van der Waals surface area contributed by atoms with Crippen LogP contribution >= 0.6 is 0 Å². The maximum Gasteiger partial charge on any atom is 0.410 e. The average Bonchev–Trinajstić information content (AvgIpc) is 2.89. The van der Waals surface area contributed by atoms with Crippen molar-refractivity contribution in [2.75, 3.05) is 6.61 Å². The molecule has 1 aromatic heterocycles. The van der Waals surface area contributed by atoms with E-state index >= 15 is 0 Å². The van der Waals surface area contributed by atoms with Crippen molar-refractivity contribution in [3.63, 3.8) is 0 Å². The molecule has 0 radical (unpaired) electrons. The largest absolute Gasteiger partial charge is 0.447 e. The summed E-state index contributed by atoms with van der Waals surface area (Å²) >= 11 is 0. The average molecular weight is 351 g/mol. The van der Waals surface area contributed by atoms with Crippen LogP contribution in [0.2, 0.25) is 0 Å². The summed E-state index contributed by atoms with van der Waals surface area (Å²) in [5.41, 5.74) is 1.14. The molecule has 1 saturated heterocycles. The molecule has 8 heteroatoms. The van der Waals surface area contributed by atoms with Gasteiger partial charge in [0.25, 0.3) is 6.43 Å². The second-order valence-electron chi connectivity index (χ2n) is 5.88. The number of hydrogen-bond donors (Lipinski definition) is 0. The molecule has 1 amide bonds. The van der Waals surface area contributed by atoms with Gasteiger partial charge in [-0.05, 0) is 32.0 Å². The Morgan fingerprint density at radius 2 is 2.16 bits per heavy atom. The molecule has 0 spiro atoms. The zero-order valence-corrected chi connectivity index (χ0v) is 13.7. The van der Waals surface area contributed by atoms with Crippen LogP contribution in [0.5, 0.6) is 0 Å². The molecule has 0 saturated carbocycles. The van der Waals surface area contributed by atoms with Gasteiger partial charge in [0.1, 0.15) is 12.4 Å². The topological polar surface area (TPSA) is 55.3 Å². The summed E-state index contributed by atoms with van der Waals surface area (Å²) in [5.74, 6) is -0.965. The van der Waals surface area contributed by atoms with Gasteiger partial charge >= 0.3 is 6.09 Å². The van der Waals surface area contributed by atoms with Gasteiger partial charge in [0.15, 0.2) is 0 Å². The fourth-order valence-corrected chi connectivity index (χ4v) is 2.57. The van der Waals surface area contributed by atoms with E-state index in [9.17, 15) is 18.0 Å². The van der Waals surface area contributed by atoms with Crippen molar-refractivity contribution in [1.29, 1.82) is 0 Å². The molecule has 0 aliphatic carbocycles. The van der Waals surface area contributed by atoms with Crippen LogP contribution in [-0.2, 0) is 11.3 Å². The van der Waals surface area contributed by atoms with Gasteiger partial charge in [-0.2, -0.15) is 0 Å². The molecule has 1 fully saturated rings. The zero-order chi connectivity index (χ0) is 18.1. The lowest BCUT2D eigenvalue weighted by Crippen LogP contribution is -2.31. The Labute approximate surface area is 142 Å². The molecule has 3 rings (SSSR count). The van der Waals surface area contributed by atoms with E-state index in [1.807, 2.05) is 6.92 Å². The SMILES string of the molecule is Cc1ncc(-c2ccc(F)c(C(F)F)c2)nc1CN1C(=O)OCC1C. The number of rotatable bonds is 4. The van der Waals surface area contributed by atoms with Crippen molar-refractivity contribution in [1.82, 2.24) is 14.9 Å². The number of ether oxygens (including phenoxy) is 1. The van der Waals surface area contributed by atoms with Crippen LogP contribution in [0.15, 0.2) is 24.4 Å². The zero-order valence-electron chi connectivity index (χ0n) is 13.7. The first-order chi connectivity index (χ1) is 11.9. The lowest BCUT2D eigenvalue weighted by atomic mass is 10.1. The molecular weight excluding hydrogens is 335 g/mol. The van der Waals surface area contributed by atoms with Crippen molar-refractivity contribution in [3.05, 3.63) is 47.2 Å². The van der Waals surface area contributed by atoms with Gasteiger partial charge in [-0.1, -0.05) is 0 Å². The van der Waals surface area contributed by atoms with E-state index in [1.165, 1.54) is 17.2 Å². The van der Waals surface area contributed by atoms with E-state index in [1.54, 1.807) is 6.92 Å². The van der Waals surface area contributed by atoms with Crippen LogP contribution in [0.25, 0.3) is 11.3 Å². The fourth-order valence-electron chi connectivity index (χ4n) is 2.57. The third kappa shape index (κ3) is 3.42. The standard InChI is InChI=1S/C17H16F3N3O2/c1-9-8-25-17(24)23(9)7-15-10(2)21-6-14(22-15)11-3-4-13(18)12(5-11)16(19)20/h3-6,9,16H,7-8H2,1-2H3. The van der Waals surface area contributed by atoms with E-state index in [2.05, 4.69) is 9.97 Å². The maximum atomic E-state index is 13.5. The van der Waals surface area contributed by atoms with Gasteiger partial charge in [-0.25, -0.2) is 22.9 Å². The Bertz CT molecular complexity index is 814. The van der Waals surface area contributed by atoms with E-state index in [4.69, 9.17) is 4.74 Å². The number of aryl methyl sites for hydroxylation is 1. The molecule has 1 aliphatic rings. The predicted octanol–water partition coefficient (Wildman–Crippen LogP) is 3.87. The number of hydrogen-bond acceptors (Lipinski definition) is 4. The van der Waals surface area contributed by atoms with Gasteiger partial charge in [0, 0.05) is 5.56 Å². The number of cyclic esters (lactones) is 1. The van der Waals surface area contributed by atoms with Crippen LogP contribution in [0.4, 0.5) is 18.0 Å². The molecule has 0 bridgehead atoms. The minimum atomic E-state index is -2.92. The summed E-state index contributed by atoms with van der Waals surface area (Å²) in [6, 6.07) is 3.33. The van der Waals surface area contributed by atoms with Gasteiger partial charge in [-0.15, -0.1) is 0 Å². The van der Waals surface area contributed by atoms with E-state index in [-0.39, 0.29) is 12.6 Å². The summed E-state index contributed by atoms with van der Waals surface area (Å²) in [6.45, 7) is 4.11. The number of alkyl halides is 2. The molecule has 1 unspecified atom stereocenters. The summed E-state index contributed by atoms with van der Waals surface area (Å²) in [5, 5.41) is 0. The highest BCUT2D eigenvalue weighted by molar-refractivity contribution is 5.70. The van der Waals surface area contributed by atoms with Crippen LogP contribution in [0.1, 0.15) is 30.3 Å². The Morgan fingerprint density at radius 1 is 1.40 bits per heavy atom. The van der Waals surface area contributed by atoms with Crippen molar-refractivity contribution in [3.8, 4) is 11.3 Å². The number of halogens is 3. The lowest BCUT2D eigenvalue weighted by molar-refractivity contribution is 0.146. The third-order valence-electron chi connectivity index (χ3n) is 4.12. The molecule has 2 heterocycles. The van der Waals surface area contributed by atoms with E-state index in [0.717, 1.165) is 12.1 Å². The summed E-state index contributed by atoms with van der Waals surface area (Å²) in [4.78, 5) is 21.9. The normalized spacial score (nSPS) is 17.3. The van der Waals surface area contributed by atoms with Crippen LogP contribution in [0, 0.1) is 12.7 Å². The molecule has 1 aliphatic heterocycles. The molecule has 2 aromatic rings. The minimum Gasteiger partial charge on any atom is -0.447 e. The predicted molar refractivity (Wildman–Crippen MR) is 83.5 cm³/mol. The molecule has 25 heavy (non-hydrogen) atoms. The highest BCUT2D eigenvalue weighted by Gasteiger charge is 2.30. The Morgan fingerprint density at radius 3 is 2.80 bits per heavy atom. The smallest absolute Gasteiger partial charge is 0.410 e. The number of aromatic nitrogens is 2. The first kappa shape index (κ1) is 17.2.